The van der Waals surface area contributed by atoms with E-state index in [1.54, 1.807) is 30.4 Å². The molecule has 154 valence electrons. The summed E-state index contributed by atoms with van der Waals surface area (Å²) in [5, 5.41) is 3.01. The average molecular weight is 397 g/mol. The lowest BCUT2D eigenvalue weighted by Crippen LogP contribution is -2.38. The van der Waals surface area contributed by atoms with E-state index in [9.17, 15) is 9.59 Å². The fraction of sp³-hybridized carbons (Fsp3) is 0.455. The number of ether oxygens (including phenoxy) is 1. The standard InChI is InChI=1S/C22H27N3O4/c1-28-19-11-10-16(15-18(19)24-13-5-9-21(24)26)23-22(27)25-12-4-2-3-7-17(25)20-8-6-14-29-20/h6,8,10-11,14-15,17H,2-5,7,9,12-13H2,1H3,(H,23,27)/t17-/m0/s1. The zero-order valence-electron chi connectivity index (χ0n) is 16.7. The predicted molar refractivity (Wildman–Crippen MR) is 110 cm³/mol. The normalized spacial score (nSPS) is 19.9. The Hall–Kier alpha value is -2.96. The number of amides is 3. The van der Waals surface area contributed by atoms with Gasteiger partial charge in [0.1, 0.15) is 11.5 Å². The first-order chi connectivity index (χ1) is 14.2. The van der Waals surface area contributed by atoms with E-state index in [1.165, 1.54) is 0 Å². The molecule has 0 unspecified atom stereocenters. The molecule has 0 aliphatic carbocycles. The Labute approximate surface area is 170 Å². The van der Waals surface area contributed by atoms with Crippen LogP contribution in [-0.2, 0) is 4.79 Å². The highest BCUT2D eigenvalue weighted by Gasteiger charge is 2.29. The van der Waals surface area contributed by atoms with Crippen molar-refractivity contribution in [2.75, 3.05) is 30.4 Å². The Morgan fingerprint density at radius 3 is 2.79 bits per heavy atom. The molecule has 1 aromatic carbocycles. The van der Waals surface area contributed by atoms with E-state index in [4.69, 9.17) is 9.15 Å². The fourth-order valence-electron chi connectivity index (χ4n) is 4.20. The van der Waals surface area contributed by atoms with E-state index >= 15 is 0 Å². The first-order valence-electron chi connectivity index (χ1n) is 10.3. The maximum Gasteiger partial charge on any atom is 0.322 e. The van der Waals surface area contributed by atoms with Gasteiger partial charge in [-0.05, 0) is 49.6 Å². The van der Waals surface area contributed by atoms with Crippen molar-refractivity contribution in [2.24, 2.45) is 0 Å². The number of rotatable bonds is 4. The molecule has 7 heteroatoms. The van der Waals surface area contributed by atoms with Crippen molar-refractivity contribution in [2.45, 2.75) is 44.6 Å². The second-order valence-corrected chi connectivity index (χ2v) is 7.54. The van der Waals surface area contributed by atoms with Crippen LogP contribution in [0.1, 0.15) is 50.3 Å². The maximum atomic E-state index is 13.1. The fourth-order valence-corrected chi connectivity index (χ4v) is 4.20. The van der Waals surface area contributed by atoms with Crippen molar-refractivity contribution in [1.82, 2.24) is 4.90 Å². The lowest BCUT2D eigenvalue weighted by atomic mass is 10.1. The Morgan fingerprint density at radius 1 is 1.17 bits per heavy atom. The molecule has 0 saturated carbocycles. The highest BCUT2D eigenvalue weighted by atomic mass is 16.5. The molecule has 0 radical (unpaired) electrons. The number of carbonyl (C=O) groups is 2. The van der Waals surface area contributed by atoms with E-state index < -0.39 is 0 Å². The molecule has 2 fully saturated rings. The molecule has 4 rings (SSSR count). The lowest BCUT2D eigenvalue weighted by molar-refractivity contribution is -0.117. The monoisotopic (exact) mass is 397 g/mol. The molecule has 2 aliphatic rings. The highest BCUT2D eigenvalue weighted by Crippen LogP contribution is 2.35. The van der Waals surface area contributed by atoms with Gasteiger partial charge in [-0.2, -0.15) is 0 Å². The molecule has 1 atom stereocenters. The molecule has 0 spiro atoms. The van der Waals surface area contributed by atoms with Crippen LogP contribution >= 0.6 is 0 Å². The summed E-state index contributed by atoms with van der Waals surface area (Å²) in [5.74, 6) is 1.53. The van der Waals surface area contributed by atoms with Gasteiger partial charge in [-0.3, -0.25) is 4.79 Å². The molecule has 1 aromatic heterocycles. The van der Waals surface area contributed by atoms with Gasteiger partial charge in [0.2, 0.25) is 5.91 Å². The smallest absolute Gasteiger partial charge is 0.322 e. The number of likely N-dealkylation sites (tertiary alicyclic amines) is 1. The Balaban J connectivity index is 1.56. The van der Waals surface area contributed by atoms with Gasteiger partial charge in [0.25, 0.3) is 0 Å². The van der Waals surface area contributed by atoms with Crippen molar-refractivity contribution in [1.29, 1.82) is 0 Å². The third-order valence-electron chi connectivity index (χ3n) is 5.68. The van der Waals surface area contributed by atoms with E-state index in [1.807, 2.05) is 23.1 Å². The number of furan rings is 1. The summed E-state index contributed by atoms with van der Waals surface area (Å²) in [7, 11) is 1.59. The topological polar surface area (TPSA) is 75.0 Å². The first-order valence-corrected chi connectivity index (χ1v) is 10.3. The highest BCUT2D eigenvalue weighted by molar-refractivity contribution is 5.98. The second-order valence-electron chi connectivity index (χ2n) is 7.54. The largest absolute Gasteiger partial charge is 0.495 e. The zero-order chi connectivity index (χ0) is 20.2. The number of hydrogen-bond acceptors (Lipinski definition) is 4. The number of nitrogens with zero attached hydrogens (tertiary/aromatic N) is 2. The van der Waals surface area contributed by atoms with E-state index in [-0.39, 0.29) is 18.0 Å². The third-order valence-corrected chi connectivity index (χ3v) is 5.68. The molecular weight excluding hydrogens is 370 g/mol. The molecular formula is C22H27N3O4. The van der Waals surface area contributed by atoms with Crippen molar-refractivity contribution in [3.05, 3.63) is 42.4 Å². The van der Waals surface area contributed by atoms with Gasteiger partial charge in [0.15, 0.2) is 0 Å². The quantitative estimate of drug-likeness (QED) is 0.820. The van der Waals surface area contributed by atoms with Crippen LogP contribution in [-0.4, -0.2) is 37.0 Å². The molecule has 29 heavy (non-hydrogen) atoms. The molecule has 2 saturated heterocycles. The third kappa shape index (κ3) is 4.09. The zero-order valence-corrected chi connectivity index (χ0v) is 16.7. The summed E-state index contributed by atoms with van der Waals surface area (Å²) < 4.78 is 11.0. The van der Waals surface area contributed by atoms with Crippen LogP contribution in [0.3, 0.4) is 0 Å². The van der Waals surface area contributed by atoms with Crippen LogP contribution in [0.25, 0.3) is 0 Å². The van der Waals surface area contributed by atoms with Gasteiger partial charge >= 0.3 is 6.03 Å². The molecule has 0 bridgehead atoms. The number of benzene rings is 1. The van der Waals surface area contributed by atoms with Gasteiger partial charge in [0.05, 0.1) is 25.1 Å². The summed E-state index contributed by atoms with van der Waals surface area (Å²) in [6, 6.07) is 8.99. The Bertz CT molecular complexity index is 865. The number of nitrogens with one attached hydrogen (secondary N) is 1. The van der Waals surface area contributed by atoms with Gasteiger partial charge < -0.3 is 24.3 Å². The molecule has 3 amide bonds. The number of hydrogen-bond donors (Lipinski definition) is 1. The van der Waals surface area contributed by atoms with Crippen molar-refractivity contribution in [3.8, 4) is 5.75 Å². The minimum atomic E-state index is -0.155. The van der Waals surface area contributed by atoms with Crippen molar-refractivity contribution in [3.63, 3.8) is 0 Å². The van der Waals surface area contributed by atoms with E-state index in [2.05, 4.69) is 5.32 Å². The molecule has 2 aromatic rings. The summed E-state index contributed by atoms with van der Waals surface area (Å²) in [6.07, 6.45) is 7.05. The minimum Gasteiger partial charge on any atom is -0.495 e. The lowest BCUT2D eigenvalue weighted by Gasteiger charge is -2.29. The van der Waals surface area contributed by atoms with Crippen LogP contribution in [0.2, 0.25) is 0 Å². The predicted octanol–water partition coefficient (Wildman–Crippen LogP) is 4.56. The Kier molecular flexibility index (Phi) is 5.74. The summed E-state index contributed by atoms with van der Waals surface area (Å²) in [6.45, 7) is 1.35. The first kappa shape index (κ1) is 19.4. The van der Waals surface area contributed by atoms with E-state index in [0.29, 0.717) is 36.6 Å². The van der Waals surface area contributed by atoms with Crippen LogP contribution in [0, 0.1) is 0 Å². The van der Waals surface area contributed by atoms with Gasteiger partial charge in [-0.1, -0.05) is 12.8 Å². The molecule has 3 heterocycles. The van der Waals surface area contributed by atoms with Crippen LogP contribution in [0.4, 0.5) is 16.2 Å². The summed E-state index contributed by atoms with van der Waals surface area (Å²) >= 11 is 0. The second kappa shape index (κ2) is 8.59. The molecule has 7 nitrogen and oxygen atoms in total. The van der Waals surface area contributed by atoms with Crippen LogP contribution in [0.5, 0.6) is 5.75 Å². The maximum absolute atomic E-state index is 13.1. The number of anilines is 2. The SMILES string of the molecule is COc1ccc(NC(=O)N2CCCCC[C@H]2c2ccco2)cc1N1CCCC1=O. The minimum absolute atomic E-state index is 0.0645. The molecule has 1 N–H and O–H groups in total. The average Bonchev–Trinajstić information content (AvgIpc) is 3.34. The van der Waals surface area contributed by atoms with Crippen LogP contribution in [0.15, 0.2) is 41.0 Å². The van der Waals surface area contributed by atoms with Crippen molar-refractivity contribution >= 4 is 23.3 Å². The number of urea groups is 1. The number of methoxy groups -OCH3 is 1. The van der Waals surface area contributed by atoms with Gasteiger partial charge in [-0.15, -0.1) is 0 Å². The van der Waals surface area contributed by atoms with Crippen molar-refractivity contribution < 1.29 is 18.7 Å². The van der Waals surface area contributed by atoms with E-state index in [0.717, 1.165) is 37.9 Å². The van der Waals surface area contributed by atoms with Gasteiger partial charge in [-0.25, -0.2) is 4.79 Å². The van der Waals surface area contributed by atoms with Gasteiger partial charge in [0, 0.05) is 25.2 Å². The molecule has 2 aliphatic heterocycles. The number of carbonyl (C=O) groups excluding carboxylic acids is 2. The van der Waals surface area contributed by atoms with Crippen LogP contribution < -0.4 is 15.0 Å². The Morgan fingerprint density at radius 2 is 2.07 bits per heavy atom. The summed E-state index contributed by atoms with van der Waals surface area (Å²) in [5.41, 5.74) is 1.35. The summed E-state index contributed by atoms with van der Waals surface area (Å²) in [4.78, 5) is 28.9.